The Labute approximate surface area is 178 Å². The molecule has 2 aromatic carbocycles. The first kappa shape index (κ1) is 22.8. The quantitative estimate of drug-likeness (QED) is 0.698. The van der Waals surface area contributed by atoms with E-state index >= 15 is 0 Å². The molecule has 0 aromatic heterocycles. The summed E-state index contributed by atoms with van der Waals surface area (Å²) in [5, 5.41) is 3.45. The first-order valence-corrected chi connectivity index (χ1v) is 10.1. The fourth-order valence-electron chi connectivity index (χ4n) is 2.90. The molecule has 0 radical (unpaired) electrons. The Balaban J connectivity index is 2.19. The number of nitrogens with one attached hydrogen (secondary N) is 1. The summed E-state index contributed by atoms with van der Waals surface area (Å²) in [7, 11) is 0. The lowest BCUT2D eigenvalue weighted by atomic mass is 10.1. The van der Waals surface area contributed by atoms with Crippen molar-refractivity contribution in [3.05, 3.63) is 64.2 Å². The molecule has 0 fully saturated rings. The number of amides is 2. The van der Waals surface area contributed by atoms with E-state index in [1.807, 2.05) is 58.0 Å². The molecule has 0 spiro atoms. The second-order valence-electron chi connectivity index (χ2n) is 7.55. The molecule has 29 heavy (non-hydrogen) atoms. The van der Waals surface area contributed by atoms with Crippen molar-refractivity contribution in [3.8, 4) is 5.75 Å². The van der Waals surface area contributed by atoms with Crippen molar-refractivity contribution in [2.75, 3.05) is 6.61 Å². The van der Waals surface area contributed by atoms with Crippen LogP contribution in [0.25, 0.3) is 0 Å². The molecule has 0 bridgehead atoms. The molecule has 0 aliphatic rings. The number of halogens is 1. The number of ether oxygens (including phenoxy) is 1. The number of benzene rings is 2. The van der Waals surface area contributed by atoms with Gasteiger partial charge in [-0.15, -0.1) is 0 Å². The van der Waals surface area contributed by atoms with Crippen LogP contribution in [-0.2, 0) is 16.1 Å². The summed E-state index contributed by atoms with van der Waals surface area (Å²) in [6.07, 6.45) is 0. The zero-order chi connectivity index (χ0) is 21.6. The third kappa shape index (κ3) is 6.79. The average Bonchev–Trinajstić information content (AvgIpc) is 2.65. The largest absolute Gasteiger partial charge is 0.483 e. The van der Waals surface area contributed by atoms with Gasteiger partial charge in [0.1, 0.15) is 11.8 Å². The van der Waals surface area contributed by atoms with E-state index in [1.165, 1.54) is 4.90 Å². The van der Waals surface area contributed by atoms with Crippen molar-refractivity contribution < 1.29 is 14.3 Å². The SMILES string of the molecule is Cc1ccc(C)c(OCC(=O)N(Cc2cccc(Cl)c2)[C@@H](C)C(=O)NC(C)C)c1. The number of carbonyl (C=O) groups is 2. The van der Waals surface area contributed by atoms with Gasteiger partial charge >= 0.3 is 0 Å². The predicted octanol–water partition coefficient (Wildman–Crippen LogP) is 4.28. The molecule has 0 aliphatic heterocycles. The molecular formula is C23H29ClN2O3. The summed E-state index contributed by atoms with van der Waals surface area (Å²) in [4.78, 5) is 27.1. The number of carbonyl (C=O) groups excluding carboxylic acids is 2. The van der Waals surface area contributed by atoms with Gasteiger partial charge in [-0.3, -0.25) is 9.59 Å². The van der Waals surface area contributed by atoms with Crippen LogP contribution in [0.2, 0.25) is 5.02 Å². The monoisotopic (exact) mass is 416 g/mol. The van der Waals surface area contributed by atoms with Crippen molar-refractivity contribution in [1.29, 1.82) is 0 Å². The van der Waals surface area contributed by atoms with Crippen LogP contribution in [0.5, 0.6) is 5.75 Å². The zero-order valence-electron chi connectivity index (χ0n) is 17.7. The molecule has 0 aliphatic carbocycles. The van der Waals surface area contributed by atoms with E-state index in [4.69, 9.17) is 16.3 Å². The van der Waals surface area contributed by atoms with Crippen LogP contribution in [-0.4, -0.2) is 35.4 Å². The van der Waals surface area contributed by atoms with Gasteiger partial charge in [0.05, 0.1) is 0 Å². The maximum atomic E-state index is 13.0. The van der Waals surface area contributed by atoms with Crippen LogP contribution in [0.3, 0.4) is 0 Å². The highest BCUT2D eigenvalue weighted by atomic mass is 35.5. The Bertz CT molecular complexity index is 867. The van der Waals surface area contributed by atoms with Crippen molar-refractivity contribution >= 4 is 23.4 Å². The topological polar surface area (TPSA) is 58.6 Å². The van der Waals surface area contributed by atoms with E-state index in [0.29, 0.717) is 10.8 Å². The van der Waals surface area contributed by atoms with E-state index in [2.05, 4.69) is 5.32 Å². The molecule has 1 N–H and O–H groups in total. The fraction of sp³-hybridized carbons (Fsp3) is 0.391. The van der Waals surface area contributed by atoms with E-state index in [1.54, 1.807) is 19.1 Å². The third-order valence-electron chi connectivity index (χ3n) is 4.53. The molecule has 2 amide bonds. The average molecular weight is 417 g/mol. The van der Waals surface area contributed by atoms with Crippen LogP contribution in [0.15, 0.2) is 42.5 Å². The Morgan fingerprint density at radius 3 is 2.48 bits per heavy atom. The highest BCUT2D eigenvalue weighted by molar-refractivity contribution is 6.30. The summed E-state index contributed by atoms with van der Waals surface area (Å²) in [5.41, 5.74) is 2.86. The maximum absolute atomic E-state index is 13.0. The first-order valence-electron chi connectivity index (χ1n) is 9.71. The highest BCUT2D eigenvalue weighted by Crippen LogP contribution is 2.20. The van der Waals surface area contributed by atoms with Gasteiger partial charge in [-0.05, 0) is 69.5 Å². The normalized spacial score (nSPS) is 11.8. The molecule has 156 valence electrons. The molecule has 6 heteroatoms. The van der Waals surface area contributed by atoms with Crippen molar-refractivity contribution in [2.24, 2.45) is 0 Å². The van der Waals surface area contributed by atoms with Gasteiger partial charge in [-0.25, -0.2) is 0 Å². The summed E-state index contributed by atoms with van der Waals surface area (Å²) >= 11 is 6.08. The standard InChI is InChI=1S/C23H29ClN2O3/c1-15(2)25-23(28)18(5)26(13-19-7-6-8-20(24)12-19)22(27)14-29-21-11-16(3)9-10-17(21)4/h6-12,15,18H,13-14H2,1-5H3,(H,25,28)/t18-/m0/s1. The van der Waals surface area contributed by atoms with Crippen LogP contribution in [0.1, 0.15) is 37.5 Å². The highest BCUT2D eigenvalue weighted by Gasteiger charge is 2.27. The van der Waals surface area contributed by atoms with Crippen LogP contribution >= 0.6 is 11.6 Å². The van der Waals surface area contributed by atoms with Gasteiger partial charge in [0.2, 0.25) is 5.91 Å². The minimum Gasteiger partial charge on any atom is -0.483 e. The smallest absolute Gasteiger partial charge is 0.261 e. The number of hydrogen-bond donors (Lipinski definition) is 1. The molecule has 0 heterocycles. The Kier molecular flexibility index (Phi) is 8.09. The Hall–Kier alpha value is -2.53. The van der Waals surface area contributed by atoms with E-state index < -0.39 is 6.04 Å². The zero-order valence-corrected chi connectivity index (χ0v) is 18.4. The summed E-state index contributed by atoms with van der Waals surface area (Å²) in [6, 6.07) is 12.5. The molecule has 0 unspecified atom stereocenters. The fourth-order valence-corrected chi connectivity index (χ4v) is 3.12. The minimum absolute atomic E-state index is 0.0146. The lowest BCUT2D eigenvalue weighted by molar-refractivity contribution is -0.142. The summed E-state index contributed by atoms with van der Waals surface area (Å²) in [5.74, 6) is 0.194. The van der Waals surface area contributed by atoms with E-state index in [0.717, 1.165) is 16.7 Å². The van der Waals surface area contributed by atoms with Gasteiger partial charge in [0.25, 0.3) is 5.91 Å². The lowest BCUT2D eigenvalue weighted by Crippen LogP contribution is -2.50. The summed E-state index contributed by atoms with van der Waals surface area (Å²) in [6.45, 7) is 9.51. The molecule has 1 atom stereocenters. The summed E-state index contributed by atoms with van der Waals surface area (Å²) < 4.78 is 5.78. The third-order valence-corrected chi connectivity index (χ3v) is 4.77. The van der Waals surface area contributed by atoms with Crippen molar-refractivity contribution in [3.63, 3.8) is 0 Å². The minimum atomic E-state index is -0.647. The van der Waals surface area contributed by atoms with Crippen LogP contribution in [0.4, 0.5) is 0 Å². The second-order valence-corrected chi connectivity index (χ2v) is 7.98. The molecule has 2 aromatic rings. The Morgan fingerprint density at radius 1 is 1.10 bits per heavy atom. The number of aryl methyl sites for hydroxylation is 2. The van der Waals surface area contributed by atoms with Crippen LogP contribution in [0, 0.1) is 13.8 Å². The van der Waals surface area contributed by atoms with Gasteiger partial charge in [-0.2, -0.15) is 0 Å². The van der Waals surface area contributed by atoms with Gasteiger partial charge in [0, 0.05) is 17.6 Å². The molecular weight excluding hydrogens is 388 g/mol. The Morgan fingerprint density at radius 2 is 1.83 bits per heavy atom. The van der Waals surface area contributed by atoms with Gasteiger partial charge < -0.3 is 15.0 Å². The lowest BCUT2D eigenvalue weighted by Gasteiger charge is -2.29. The molecule has 0 saturated heterocycles. The maximum Gasteiger partial charge on any atom is 0.261 e. The van der Waals surface area contributed by atoms with Gasteiger partial charge in [0.15, 0.2) is 6.61 Å². The van der Waals surface area contributed by atoms with E-state index in [9.17, 15) is 9.59 Å². The number of hydrogen-bond acceptors (Lipinski definition) is 3. The van der Waals surface area contributed by atoms with E-state index in [-0.39, 0.29) is 31.0 Å². The molecule has 5 nitrogen and oxygen atoms in total. The molecule has 0 saturated carbocycles. The van der Waals surface area contributed by atoms with Crippen molar-refractivity contribution in [1.82, 2.24) is 10.2 Å². The van der Waals surface area contributed by atoms with Crippen LogP contribution < -0.4 is 10.1 Å². The number of nitrogens with zero attached hydrogens (tertiary/aromatic N) is 1. The predicted molar refractivity (Wildman–Crippen MR) is 116 cm³/mol. The second kappa shape index (κ2) is 10.3. The van der Waals surface area contributed by atoms with Crippen molar-refractivity contribution in [2.45, 2.75) is 53.2 Å². The molecule has 2 rings (SSSR count). The van der Waals surface area contributed by atoms with Gasteiger partial charge in [-0.1, -0.05) is 35.9 Å². The number of rotatable bonds is 8. The first-order chi connectivity index (χ1) is 13.7.